The summed E-state index contributed by atoms with van der Waals surface area (Å²) in [6.45, 7) is 2.85. The zero-order chi connectivity index (χ0) is 9.07. The van der Waals surface area contributed by atoms with Gasteiger partial charge in [-0.05, 0) is 6.92 Å². The summed E-state index contributed by atoms with van der Waals surface area (Å²) in [5.74, 6) is 0. The minimum Gasteiger partial charge on any atom is -0.328 e. The SMILES string of the molecule is CC(=S)C(C[N+](C)(C)C)OI. The molecule has 66 valence electrons. The Morgan fingerprint density at radius 3 is 2.09 bits per heavy atom. The summed E-state index contributed by atoms with van der Waals surface area (Å²) in [6, 6.07) is 0. The lowest BCUT2D eigenvalue weighted by Crippen LogP contribution is -2.43. The lowest BCUT2D eigenvalue weighted by atomic mass is 10.2. The van der Waals surface area contributed by atoms with Gasteiger partial charge in [0, 0.05) is 4.86 Å². The van der Waals surface area contributed by atoms with E-state index in [0.717, 1.165) is 15.9 Å². The molecule has 0 N–H and O–H groups in total. The number of quaternary nitrogens is 1. The van der Waals surface area contributed by atoms with Gasteiger partial charge in [0.1, 0.15) is 35.7 Å². The van der Waals surface area contributed by atoms with Crippen molar-refractivity contribution in [2.45, 2.75) is 13.0 Å². The average Bonchev–Trinajstić information content (AvgIpc) is 1.80. The van der Waals surface area contributed by atoms with Crippen molar-refractivity contribution in [1.82, 2.24) is 0 Å². The monoisotopic (exact) mass is 288 g/mol. The topological polar surface area (TPSA) is 9.23 Å². The summed E-state index contributed by atoms with van der Waals surface area (Å²) in [5, 5.41) is 0. The molecule has 0 rings (SSSR count). The minimum absolute atomic E-state index is 0.102. The largest absolute Gasteiger partial charge is 0.328 e. The minimum atomic E-state index is 0.102. The van der Waals surface area contributed by atoms with Gasteiger partial charge in [-0.15, -0.1) is 0 Å². The molecule has 0 amide bonds. The van der Waals surface area contributed by atoms with Crippen LogP contribution < -0.4 is 0 Å². The Hall–Kier alpha value is 0.740. The highest BCUT2D eigenvalue weighted by Gasteiger charge is 2.19. The summed E-state index contributed by atoms with van der Waals surface area (Å²) in [5.41, 5.74) is 0. The van der Waals surface area contributed by atoms with E-state index in [0.29, 0.717) is 0 Å². The van der Waals surface area contributed by atoms with Crippen molar-refractivity contribution in [3.8, 4) is 0 Å². The van der Waals surface area contributed by atoms with Crippen molar-refractivity contribution in [2.24, 2.45) is 0 Å². The van der Waals surface area contributed by atoms with E-state index >= 15 is 0 Å². The highest BCUT2D eigenvalue weighted by molar-refractivity contribution is 14.1. The molecule has 0 aromatic heterocycles. The maximum atomic E-state index is 5.20. The molecule has 11 heavy (non-hydrogen) atoms. The number of halogens is 1. The zero-order valence-electron chi connectivity index (χ0n) is 7.43. The molecule has 0 fully saturated rings. The number of rotatable bonds is 4. The Labute approximate surface area is 88.2 Å². The van der Waals surface area contributed by atoms with Crippen molar-refractivity contribution in [3.63, 3.8) is 0 Å². The molecule has 0 saturated heterocycles. The van der Waals surface area contributed by atoms with E-state index in [1.54, 1.807) is 0 Å². The fourth-order valence-electron chi connectivity index (χ4n) is 0.717. The Bertz CT molecular complexity index is 144. The number of hydrogen-bond acceptors (Lipinski definition) is 2. The second-order valence-electron chi connectivity index (χ2n) is 3.66. The number of hydrogen-bond donors (Lipinski definition) is 0. The average molecular weight is 288 g/mol. The summed E-state index contributed by atoms with van der Waals surface area (Å²) in [4.78, 5) is 0.924. The van der Waals surface area contributed by atoms with Gasteiger partial charge < -0.3 is 7.55 Å². The molecule has 0 bridgehead atoms. The van der Waals surface area contributed by atoms with Crippen LogP contribution in [0.4, 0.5) is 0 Å². The Kier molecular flexibility index (Phi) is 5.00. The third kappa shape index (κ3) is 5.95. The van der Waals surface area contributed by atoms with Crippen LogP contribution in [0, 0.1) is 0 Å². The van der Waals surface area contributed by atoms with Crippen molar-refractivity contribution in [1.29, 1.82) is 0 Å². The first kappa shape index (κ1) is 11.7. The van der Waals surface area contributed by atoms with Crippen molar-refractivity contribution in [2.75, 3.05) is 27.7 Å². The van der Waals surface area contributed by atoms with Gasteiger partial charge >= 0.3 is 0 Å². The first-order valence-electron chi connectivity index (χ1n) is 3.45. The van der Waals surface area contributed by atoms with Crippen LogP contribution in [0.3, 0.4) is 0 Å². The molecule has 2 nitrogen and oxygen atoms in total. The van der Waals surface area contributed by atoms with Gasteiger partial charge in [0.25, 0.3) is 0 Å². The van der Waals surface area contributed by atoms with E-state index in [2.05, 4.69) is 21.1 Å². The van der Waals surface area contributed by atoms with Gasteiger partial charge in [0.15, 0.2) is 0 Å². The molecular weight excluding hydrogens is 273 g/mol. The van der Waals surface area contributed by atoms with Gasteiger partial charge in [-0.3, -0.25) is 0 Å². The van der Waals surface area contributed by atoms with Crippen LogP contribution in [-0.2, 0) is 3.07 Å². The fourth-order valence-corrected chi connectivity index (χ4v) is 1.55. The molecule has 0 heterocycles. The van der Waals surface area contributed by atoms with Crippen molar-refractivity contribution in [3.05, 3.63) is 0 Å². The van der Waals surface area contributed by atoms with E-state index in [1.807, 2.05) is 29.9 Å². The summed E-state index contributed by atoms with van der Waals surface area (Å²) in [6.07, 6.45) is 0.102. The standard InChI is InChI=1S/C7H15INOS/c1-6(11)7(10-8)5-9(2,3)4/h7H,5H2,1-4H3/q+1. The third-order valence-corrected chi connectivity index (χ3v) is 2.15. The van der Waals surface area contributed by atoms with Crippen LogP contribution in [0.25, 0.3) is 0 Å². The molecule has 1 unspecified atom stereocenters. The van der Waals surface area contributed by atoms with Crippen LogP contribution in [-0.4, -0.2) is 43.1 Å². The van der Waals surface area contributed by atoms with Gasteiger partial charge in [-0.2, -0.15) is 0 Å². The van der Waals surface area contributed by atoms with E-state index in [1.165, 1.54) is 0 Å². The second-order valence-corrected chi connectivity index (χ2v) is 4.81. The van der Waals surface area contributed by atoms with Crippen LogP contribution in [0.2, 0.25) is 0 Å². The van der Waals surface area contributed by atoms with E-state index in [4.69, 9.17) is 15.3 Å². The molecule has 0 saturated carbocycles. The quantitative estimate of drug-likeness (QED) is 0.443. The lowest BCUT2D eigenvalue weighted by molar-refractivity contribution is -0.871. The highest BCUT2D eigenvalue weighted by Crippen LogP contribution is 2.05. The van der Waals surface area contributed by atoms with Gasteiger partial charge in [-0.1, -0.05) is 12.2 Å². The van der Waals surface area contributed by atoms with Gasteiger partial charge in [-0.25, -0.2) is 0 Å². The van der Waals surface area contributed by atoms with Crippen LogP contribution in [0.15, 0.2) is 0 Å². The molecular formula is C7H15INOS+. The van der Waals surface area contributed by atoms with E-state index < -0.39 is 0 Å². The molecule has 0 spiro atoms. The van der Waals surface area contributed by atoms with Crippen molar-refractivity contribution >= 4 is 40.1 Å². The molecule has 0 aliphatic heterocycles. The van der Waals surface area contributed by atoms with Crippen LogP contribution in [0.1, 0.15) is 6.92 Å². The highest BCUT2D eigenvalue weighted by atomic mass is 127. The Balaban J connectivity index is 3.99. The van der Waals surface area contributed by atoms with Gasteiger partial charge in [0.2, 0.25) is 0 Å². The third-order valence-electron chi connectivity index (χ3n) is 1.27. The molecule has 4 heteroatoms. The van der Waals surface area contributed by atoms with Gasteiger partial charge in [0.05, 0.1) is 21.1 Å². The summed E-state index contributed by atoms with van der Waals surface area (Å²) >= 11 is 6.95. The number of likely N-dealkylation sites (N-methyl/N-ethyl adjacent to an activating group) is 1. The molecule has 0 aromatic carbocycles. The number of nitrogens with zero attached hydrogens (tertiary/aromatic N) is 1. The summed E-state index contributed by atoms with van der Waals surface area (Å²) in [7, 11) is 6.38. The summed E-state index contributed by atoms with van der Waals surface area (Å²) < 4.78 is 6.08. The fraction of sp³-hybridized carbons (Fsp3) is 0.857. The van der Waals surface area contributed by atoms with Crippen molar-refractivity contribution < 1.29 is 7.55 Å². The smallest absolute Gasteiger partial charge is 0.150 e. The molecule has 1 atom stereocenters. The normalized spacial score (nSPS) is 14.6. The number of thiocarbonyl (C=S) groups is 1. The maximum absolute atomic E-state index is 5.20. The Morgan fingerprint density at radius 2 is 2.00 bits per heavy atom. The first-order valence-corrected chi connectivity index (χ1v) is 4.74. The zero-order valence-corrected chi connectivity index (χ0v) is 10.4. The molecule has 0 aliphatic carbocycles. The van der Waals surface area contributed by atoms with Crippen LogP contribution >= 0.6 is 35.2 Å². The maximum Gasteiger partial charge on any atom is 0.150 e. The van der Waals surface area contributed by atoms with E-state index in [-0.39, 0.29) is 6.10 Å². The molecule has 0 aliphatic rings. The van der Waals surface area contributed by atoms with E-state index in [9.17, 15) is 0 Å². The molecule has 0 radical (unpaired) electrons. The Morgan fingerprint density at radius 1 is 1.55 bits per heavy atom. The van der Waals surface area contributed by atoms with Crippen LogP contribution in [0.5, 0.6) is 0 Å². The lowest BCUT2D eigenvalue weighted by Gasteiger charge is -2.27. The molecule has 0 aromatic rings. The second kappa shape index (κ2) is 4.69. The first-order chi connectivity index (χ1) is 4.87. The predicted octanol–water partition coefficient (Wildman–Crippen LogP) is 1.82. The predicted molar refractivity (Wildman–Crippen MR) is 60.1 cm³/mol.